The van der Waals surface area contributed by atoms with Crippen LogP contribution in [-0.2, 0) is 6.61 Å². The number of ether oxygens (including phenoxy) is 1. The Hall–Kier alpha value is -2.67. The smallest absolute Gasteiger partial charge is 0.282 e. The summed E-state index contributed by atoms with van der Waals surface area (Å²) >= 11 is 15.9. The molecule has 0 fully saturated rings. The van der Waals surface area contributed by atoms with Crippen molar-refractivity contribution in [3.05, 3.63) is 102 Å². The molecule has 1 aromatic heterocycles. The monoisotopic (exact) mass is 543 g/mol. The fourth-order valence-electron chi connectivity index (χ4n) is 3.29. The first-order valence-electron chi connectivity index (χ1n) is 10.3. The van der Waals surface area contributed by atoms with Gasteiger partial charge in [-0.05, 0) is 42.5 Å². The molecule has 0 spiro atoms. The first-order chi connectivity index (χ1) is 15.8. The summed E-state index contributed by atoms with van der Waals surface area (Å²) in [4.78, 5) is 17.9. The van der Waals surface area contributed by atoms with Gasteiger partial charge in [-0.3, -0.25) is 4.79 Å². The number of benzene rings is 3. The summed E-state index contributed by atoms with van der Waals surface area (Å²) in [6.07, 6.45) is 1.56. The summed E-state index contributed by atoms with van der Waals surface area (Å²) < 4.78 is 8.13. The number of fused-ring (bicyclic) bond motifs is 1. The molecule has 33 heavy (non-hydrogen) atoms. The van der Waals surface area contributed by atoms with Gasteiger partial charge in [0.05, 0.1) is 17.1 Å². The molecule has 0 atom stereocenters. The lowest BCUT2D eigenvalue weighted by molar-refractivity contribution is 0.306. The van der Waals surface area contributed by atoms with Crippen LogP contribution in [-0.4, -0.2) is 15.9 Å². The maximum absolute atomic E-state index is 13.2. The van der Waals surface area contributed by atoms with Gasteiger partial charge in [-0.15, -0.1) is 0 Å². The molecule has 0 aliphatic heterocycles. The molecule has 0 N–H and O–H groups in total. The number of rotatable bonds is 6. The van der Waals surface area contributed by atoms with Gasteiger partial charge in [-0.1, -0.05) is 71.2 Å². The second-order valence-corrected chi connectivity index (χ2v) is 9.47. The molecular weight excluding hydrogens is 525 g/mol. The van der Waals surface area contributed by atoms with Crippen LogP contribution in [0.1, 0.15) is 36.7 Å². The highest BCUT2D eigenvalue weighted by atomic mass is 79.9. The van der Waals surface area contributed by atoms with Crippen molar-refractivity contribution in [3.63, 3.8) is 0 Å². The van der Waals surface area contributed by atoms with Crippen LogP contribution in [0.25, 0.3) is 10.9 Å². The highest BCUT2D eigenvalue weighted by molar-refractivity contribution is 9.10. The summed E-state index contributed by atoms with van der Waals surface area (Å²) in [5, 5.41) is 6.12. The van der Waals surface area contributed by atoms with Crippen LogP contribution in [0.15, 0.2) is 75.0 Å². The fraction of sp³-hybridized carbons (Fsp3) is 0.160. The van der Waals surface area contributed by atoms with E-state index in [1.54, 1.807) is 30.5 Å². The van der Waals surface area contributed by atoms with Gasteiger partial charge in [0.1, 0.15) is 18.2 Å². The van der Waals surface area contributed by atoms with E-state index < -0.39 is 0 Å². The number of hydrogen-bond acceptors (Lipinski definition) is 4. The lowest BCUT2D eigenvalue weighted by Gasteiger charge is -2.13. The van der Waals surface area contributed by atoms with Crippen molar-refractivity contribution >= 4 is 56.2 Å². The van der Waals surface area contributed by atoms with Crippen LogP contribution >= 0.6 is 39.1 Å². The van der Waals surface area contributed by atoms with Crippen molar-refractivity contribution in [3.8, 4) is 5.75 Å². The molecule has 3 aromatic carbocycles. The van der Waals surface area contributed by atoms with Crippen molar-refractivity contribution in [2.24, 2.45) is 5.10 Å². The third kappa shape index (κ3) is 5.29. The van der Waals surface area contributed by atoms with Gasteiger partial charge in [-0.2, -0.15) is 9.78 Å². The van der Waals surface area contributed by atoms with Crippen LogP contribution in [0.3, 0.4) is 0 Å². The SMILES string of the molecule is CC(C)c1nc2ccc(Br)cc2c(=O)n1N=Cc1cc(Cl)ccc1OCc1ccccc1Cl. The average molecular weight is 545 g/mol. The first-order valence-corrected chi connectivity index (χ1v) is 11.8. The standard InChI is InChI=1S/C25H20BrCl2N3O2/c1-15(2)24-30-22-9-7-18(26)12-20(22)25(32)31(24)29-13-17-11-19(27)8-10-23(17)33-14-16-5-3-4-6-21(16)28/h3-13,15H,14H2,1-2H3. The van der Waals surface area contributed by atoms with Crippen molar-refractivity contribution in [2.75, 3.05) is 0 Å². The molecule has 0 aliphatic carbocycles. The molecule has 0 amide bonds. The average Bonchev–Trinajstić information content (AvgIpc) is 2.79. The van der Waals surface area contributed by atoms with Crippen molar-refractivity contribution < 1.29 is 4.74 Å². The number of hydrogen-bond donors (Lipinski definition) is 0. The van der Waals surface area contributed by atoms with Crippen LogP contribution in [0, 0.1) is 0 Å². The van der Waals surface area contributed by atoms with E-state index >= 15 is 0 Å². The summed E-state index contributed by atoms with van der Waals surface area (Å²) in [7, 11) is 0. The predicted octanol–water partition coefficient (Wildman–Crippen LogP) is 7.05. The Morgan fingerprint density at radius 3 is 2.67 bits per heavy atom. The Morgan fingerprint density at radius 1 is 1.12 bits per heavy atom. The molecular formula is C25H20BrCl2N3O2. The molecule has 1 heterocycles. The minimum absolute atomic E-state index is 0.0156. The first kappa shape index (κ1) is 23.5. The molecule has 4 rings (SSSR count). The van der Waals surface area contributed by atoms with E-state index in [1.807, 2.05) is 50.2 Å². The molecule has 0 radical (unpaired) electrons. The summed E-state index contributed by atoms with van der Waals surface area (Å²) in [6.45, 7) is 4.22. The van der Waals surface area contributed by atoms with Crippen molar-refractivity contribution in [2.45, 2.75) is 26.4 Å². The number of nitrogens with zero attached hydrogens (tertiary/aromatic N) is 3. The van der Waals surface area contributed by atoms with E-state index in [0.717, 1.165) is 10.0 Å². The maximum Gasteiger partial charge on any atom is 0.282 e. The third-order valence-corrected chi connectivity index (χ3v) is 6.07. The molecule has 8 heteroatoms. The Labute approximate surface area is 209 Å². The number of halogens is 3. The van der Waals surface area contributed by atoms with Gasteiger partial charge in [0.25, 0.3) is 5.56 Å². The van der Waals surface area contributed by atoms with E-state index in [2.05, 4.69) is 26.0 Å². The lowest BCUT2D eigenvalue weighted by atomic mass is 10.2. The highest BCUT2D eigenvalue weighted by Crippen LogP contribution is 2.25. The molecule has 0 unspecified atom stereocenters. The van der Waals surface area contributed by atoms with Crippen molar-refractivity contribution in [1.29, 1.82) is 0 Å². The normalized spacial score (nSPS) is 11.6. The van der Waals surface area contributed by atoms with Crippen molar-refractivity contribution in [1.82, 2.24) is 9.66 Å². The van der Waals surface area contributed by atoms with Crippen LogP contribution in [0.5, 0.6) is 5.75 Å². The minimum Gasteiger partial charge on any atom is -0.488 e. The molecule has 168 valence electrons. The second-order valence-electron chi connectivity index (χ2n) is 7.71. The molecule has 0 bridgehead atoms. The van der Waals surface area contributed by atoms with E-state index in [0.29, 0.717) is 38.1 Å². The Kier molecular flexibility index (Phi) is 7.17. The zero-order valence-corrected chi connectivity index (χ0v) is 21.0. The van der Waals surface area contributed by atoms with Gasteiger partial charge in [0, 0.05) is 31.6 Å². The van der Waals surface area contributed by atoms with E-state index in [9.17, 15) is 4.79 Å². The van der Waals surface area contributed by atoms with Gasteiger partial charge in [0.2, 0.25) is 0 Å². The van der Waals surface area contributed by atoms with E-state index in [-0.39, 0.29) is 18.1 Å². The van der Waals surface area contributed by atoms with E-state index in [1.165, 1.54) is 4.68 Å². The largest absolute Gasteiger partial charge is 0.488 e. The zero-order chi connectivity index (χ0) is 23.5. The second kappa shape index (κ2) is 10.1. The fourth-order valence-corrected chi connectivity index (χ4v) is 4.03. The minimum atomic E-state index is -0.248. The Morgan fingerprint density at radius 2 is 1.91 bits per heavy atom. The summed E-state index contributed by atoms with van der Waals surface area (Å²) in [5.41, 5.74) is 1.87. The summed E-state index contributed by atoms with van der Waals surface area (Å²) in [5.74, 6) is 1.11. The topological polar surface area (TPSA) is 56.5 Å². The van der Waals surface area contributed by atoms with E-state index in [4.69, 9.17) is 27.9 Å². The molecule has 0 aliphatic rings. The molecule has 0 saturated carbocycles. The van der Waals surface area contributed by atoms with Crippen LogP contribution in [0.4, 0.5) is 0 Å². The van der Waals surface area contributed by atoms with Crippen LogP contribution < -0.4 is 10.3 Å². The maximum atomic E-state index is 13.2. The Bertz CT molecular complexity index is 1420. The van der Waals surface area contributed by atoms with Gasteiger partial charge in [-0.25, -0.2) is 4.98 Å². The molecule has 0 saturated heterocycles. The predicted molar refractivity (Wildman–Crippen MR) is 138 cm³/mol. The lowest BCUT2D eigenvalue weighted by Crippen LogP contribution is -2.23. The molecule has 4 aromatic rings. The number of aromatic nitrogens is 2. The van der Waals surface area contributed by atoms with Gasteiger partial charge < -0.3 is 4.74 Å². The zero-order valence-electron chi connectivity index (χ0n) is 17.9. The van der Waals surface area contributed by atoms with Crippen LogP contribution in [0.2, 0.25) is 10.0 Å². The molecule has 5 nitrogen and oxygen atoms in total. The quantitative estimate of drug-likeness (QED) is 0.244. The Balaban J connectivity index is 1.74. The van der Waals surface area contributed by atoms with Gasteiger partial charge in [0.15, 0.2) is 0 Å². The van der Waals surface area contributed by atoms with Gasteiger partial charge >= 0.3 is 0 Å². The highest BCUT2D eigenvalue weighted by Gasteiger charge is 2.14. The third-order valence-electron chi connectivity index (χ3n) is 4.97. The summed E-state index contributed by atoms with van der Waals surface area (Å²) in [6, 6.07) is 18.2.